The smallest absolute Gasteiger partial charge is 0.0287 e. The third-order valence-corrected chi connectivity index (χ3v) is 5.36. The van der Waals surface area contributed by atoms with E-state index in [1.54, 1.807) is 0 Å². The molecule has 0 N–H and O–H groups in total. The van der Waals surface area contributed by atoms with Crippen molar-refractivity contribution in [3.8, 4) is 0 Å². The molecule has 2 heteroatoms. The summed E-state index contributed by atoms with van der Waals surface area (Å²) in [5, 5.41) is 0. The van der Waals surface area contributed by atoms with Crippen LogP contribution in [0, 0.1) is 0 Å². The minimum atomic E-state index is 0.933. The summed E-state index contributed by atoms with van der Waals surface area (Å²) >= 11 is 6.67. The van der Waals surface area contributed by atoms with Gasteiger partial charge in [-0.2, -0.15) is 0 Å². The fraction of sp³-hybridized carbons (Fsp3) is 0.0476. The zero-order valence-electron chi connectivity index (χ0n) is 12.7. The number of thioether (sulfide) groups is 1. The monoisotopic (exact) mass is 334 g/mol. The largest absolute Gasteiger partial charge is 0.142 e. The van der Waals surface area contributed by atoms with Crippen molar-refractivity contribution in [1.82, 2.24) is 0 Å². The van der Waals surface area contributed by atoms with Crippen molar-refractivity contribution in [3.63, 3.8) is 0 Å². The lowest BCUT2D eigenvalue weighted by molar-refractivity contribution is 1.42. The van der Waals surface area contributed by atoms with Gasteiger partial charge in [-0.1, -0.05) is 91.0 Å². The SMILES string of the molecule is S/C(=C(\SCc1ccccc1)c1ccccc1)c1ccccc1. The summed E-state index contributed by atoms with van der Waals surface area (Å²) in [5.41, 5.74) is 3.68. The van der Waals surface area contributed by atoms with E-state index in [-0.39, 0.29) is 0 Å². The summed E-state index contributed by atoms with van der Waals surface area (Å²) in [5.74, 6) is 0.933. The Bertz CT molecular complexity index is 763. The third-order valence-electron chi connectivity index (χ3n) is 3.52. The molecule has 0 atom stereocenters. The molecule has 0 radical (unpaired) electrons. The molecule has 0 saturated heterocycles. The highest BCUT2D eigenvalue weighted by atomic mass is 32.2. The van der Waals surface area contributed by atoms with E-state index >= 15 is 0 Å². The Morgan fingerprint density at radius 1 is 0.652 bits per heavy atom. The molecular formula is C21H18S2. The van der Waals surface area contributed by atoms with Crippen LogP contribution in [0.1, 0.15) is 16.7 Å². The van der Waals surface area contributed by atoms with Gasteiger partial charge in [0.25, 0.3) is 0 Å². The molecule has 0 nitrogen and oxygen atoms in total. The highest BCUT2D eigenvalue weighted by molar-refractivity contribution is 8.09. The summed E-state index contributed by atoms with van der Waals surface area (Å²) in [6.45, 7) is 0. The summed E-state index contributed by atoms with van der Waals surface area (Å²) in [6, 6.07) is 31.4. The minimum absolute atomic E-state index is 0.933. The molecule has 0 aromatic heterocycles. The zero-order valence-corrected chi connectivity index (χ0v) is 14.4. The quantitative estimate of drug-likeness (QED) is 0.417. The van der Waals surface area contributed by atoms with Crippen LogP contribution in [0.5, 0.6) is 0 Å². The average molecular weight is 335 g/mol. The maximum Gasteiger partial charge on any atom is 0.0287 e. The molecule has 0 spiro atoms. The normalized spacial score (nSPS) is 11.9. The van der Waals surface area contributed by atoms with Crippen LogP contribution in [-0.4, -0.2) is 0 Å². The molecular weight excluding hydrogens is 316 g/mol. The van der Waals surface area contributed by atoms with Crippen molar-refractivity contribution in [2.75, 3.05) is 0 Å². The Kier molecular flexibility index (Phi) is 5.62. The molecule has 0 saturated carbocycles. The lowest BCUT2D eigenvalue weighted by Crippen LogP contribution is -1.87. The van der Waals surface area contributed by atoms with Gasteiger partial charge in [-0.3, -0.25) is 0 Å². The fourth-order valence-electron chi connectivity index (χ4n) is 2.33. The van der Waals surface area contributed by atoms with E-state index in [1.165, 1.54) is 16.0 Å². The molecule has 0 aliphatic carbocycles. The van der Waals surface area contributed by atoms with E-state index in [4.69, 9.17) is 12.6 Å². The molecule has 114 valence electrons. The zero-order chi connectivity index (χ0) is 15.9. The summed E-state index contributed by atoms with van der Waals surface area (Å²) in [6.07, 6.45) is 0. The van der Waals surface area contributed by atoms with Crippen molar-refractivity contribution in [1.29, 1.82) is 0 Å². The van der Waals surface area contributed by atoms with Crippen molar-refractivity contribution in [2.24, 2.45) is 0 Å². The average Bonchev–Trinajstić information content (AvgIpc) is 2.64. The number of benzene rings is 3. The van der Waals surface area contributed by atoms with Crippen LogP contribution in [-0.2, 0) is 5.75 Å². The standard InChI is InChI=1S/C21H18S2/c22-20(18-12-6-2-7-13-18)21(19-14-8-3-9-15-19)23-16-17-10-4-1-5-11-17/h1-15,22H,16H2/b21-20-. The van der Waals surface area contributed by atoms with Crippen LogP contribution in [0.4, 0.5) is 0 Å². The van der Waals surface area contributed by atoms with Crippen LogP contribution in [0.2, 0.25) is 0 Å². The molecule has 3 aromatic carbocycles. The second kappa shape index (κ2) is 8.09. The predicted molar refractivity (Wildman–Crippen MR) is 106 cm³/mol. The highest BCUT2D eigenvalue weighted by Crippen LogP contribution is 2.38. The molecule has 0 fully saturated rings. The molecule has 0 bridgehead atoms. The molecule has 0 aliphatic heterocycles. The molecule has 0 aliphatic rings. The molecule has 3 rings (SSSR count). The Hall–Kier alpha value is -1.90. The van der Waals surface area contributed by atoms with Gasteiger partial charge in [0.1, 0.15) is 0 Å². The van der Waals surface area contributed by atoms with Gasteiger partial charge in [0.2, 0.25) is 0 Å². The van der Waals surface area contributed by atoms with Crippen LogP contribution >= 0.6 is 24.4 Å². The Morgan fingerprint density at radius 2 is 1.13 bits per heavy atom. The van der Waals surface area contributed by atoms with Gasteiger partial charge in [0.05, 0.1) is 0 Å². The maximum absolute atomic E-state index is 4.83. The molecule has 0 unspecified atom stereocenters. The van der Waals surface area contributed by atoms with E-state index in [2.05, 4.69) is 78.9 Å². The van der Waals surface area contributed by atoms with Crippen molar-refractivity contribution in [3.05, 3.63) is 108 Å². The Morgan fingerprint density at radius 3 is 1.70 bits per heavy atom. The van der Waals surface area contributed by atoms with Gasteiger partial charge in [0.15, 0.2) is 0 Å². The Labute approximate surface area is 147 Å². The molecule has 0 heterocycles. The first kappa shape index (κ1) is 16.0. The number of hydrogen-bond donors (Lipinski definition) is 1. The Balaban J connectivity index is 1.94. The van der Waals surface area contributed by atoms with Gasteiger partial charge < -0.3 is 0 Å². The van der Waals surface area contributed by atoms with Crippen LogP contribution in [0.3, 0.4) is 0 Å². The lowest BCUT2D eigenvalue weighted by atomic mass is 10.1. The van der Waals surface area contributed by atoms with E-state index in [1.807, 2.05) is 23.9 Å². The predicted octanol–water partition coefficient (Wildman–Crippen LogP) is 6.38. The number of rotatable bonds is 5. The van der Waals surface area contributed by atoms with Crippen molar-refractivity contribution in [2.45, 2.75) is 5.75 Å². The minimum Gasteiger partial charge on any atom is -0.142 e. The van der Waals surface area contributed by atoms with Gasteiger partial charge in [-0.25, -0.2) is 0 Å². The summed E-state index contributed by atoms with van der Waals surface area (Å²) in [4.78, 5) is 2.24. The number of hydrogen-bond acceptors (Lipinski definition) is 2. The van der Waals surface area contributed by atoms with Gasteiger partial charge >= 0.3 is 0 Å². The molecule has 3 aromatic rings. The second-order valence-corrected chi connectivity index (χ2v) is 6.62. The molecule has 23 heavy (non-hydrogen) atoms. The highest BCUT2D eigenvalue weighted by Gasteiger charge is 2.09. The summed E-state index contributed by atoms with van der Waals surface area (Å²) in [7, 11) is 0. The first-order chi connectivity index (χ1) is 11.3. The first-order valence-electron chi connectivity index (χ1n) is 7.55. The van der Waals surface area contributed by atoms with E-state index < -0.39 is 0 Å². The van der Waals surface area contributed by atoms with Crippen molar-refractivity contribution < 1.29 is 0 Å². The molecule has 0 amide bonds. The van der Waals surface area contributed by atoms with Gasteiger partial charge in [-0.15, -0.1) is 24.4 Å². The van der Waals surface area contributed by atoms with E-state index in [0.717, 1.165) is 16.2 Å². The summed E-state index contributed by atoms with van der Waals surface area (Å²) < 4.78 is 0. The van der Waals surface area contributed by atoms with Crippen LogP contribution in [0.15, 0.2) is 91.0 Å². The number of thiol groups is 1. The van der Waals surface area contributed by atoms with Crippen LogP contribution in [0.25, 0.3) is 9.81 Å². The van der Waals surface area contributed by atoms with Gasteiger partial charge in [0, 0.05) is 15.6 Å². The first-order valence-corrected chi connectivity index (χ1v) is 8.98. The maximum atomic E-state index is 4.83. The van der Waals surface area contributed by atoms with E-state index in [9.17, 15) is 0 Å². The van der Waals surface area contributed by atoms with E-state index in [0.29, 0.717) is 0 Å². The van der Waals surface area contributed by atoms with Gasteiger partial charge in [-0.05, 0) is 16.7 Å². The van der Waals surface area contributed by atoms with Crippen molar-refractivity contribution >= 4 is 34.2 Å². The fourth-order valence-corrected chi connectivity index (χ4v) is 3.87. The second-order valence-electron chi connectivity index (χ2n) is 5.18. The van der Waals surface area contributed by atoms with Crippen LogP contribution < -0.4 is 0 Å². The topological polar surface area (TPSA) is 0 Å². The third kappa shape index (κ3) is 4.31. The lowest BCUT2D eigenvalue weighted by Gasteiger charge is -2.12.